The second-order valence-electron chi connectivity index (χ2n) is 7.53. The average Bonchev–Trinajstić information content (AvgIpc) is 3.21. The first-order valence-electron chi connectivity index (χ1n) is 10.6. The van der Waals surface area contributed by atoms with Crippen LogP contribution < -0.4 is 14.8 Å². The minimum absolute atomic E-state index is 0.104. The van der Waals surface area contributed by atoms with Gasteiger partial charge in [0.15, 0.2) is 0 Å². The maximum absolute atomic E-state index is 12.4. The Morgan fingerprint density at radius 1 is 1.23 bits per heavy atom. The van der Waals surface area contributed by atoms with Gasteiger partial charge in [0.05, 0.1) is 18.9 Å². The zero-order valence-electron chi connectivity index (χ0n) is 18.0. The van der Waals surface area contributed by atoms with Crippen molar-refractivity contribution < 1.29 is 14.3 Å². The smallest absolute Gasteiger partial charge is 0.254 e. The molecule has 1 N–H and O–H groups in total. The van der Waals surface area contributed by atoms with E-state index in [4.69, 9.17) is 9.47 Å². The van der Waals surface area contributed by atoms with Crippen molar-refractivity contribution in [2.75, 3.05) is 26.7 Å². The highest BCUT2D eigenvalue weighted by Gasteiger charge is 2.26. The van der Waals surface area contributed by atoms with Gasteiger partial charge in [-0.05, 0) is 19.1 Å². The van der Waals surface area contributed by atoms with Crippen molar-refractivity contribution in [2.45, 2.75) is 26.1 Å². The summed E-state index contributed by atoms with van der Waals surface area (Å²) >= 11 is 0. The van der Waals surface area contributed by atoms with Crippen LogP contribution in [0.1, 0.15) is 34.5 Å². The van der Waals surface area contributed by atoms with Crippen molar-refractivity contribution in [3.63, 3.8) is 0 Å². The topological polar surface area (TPSA) is 68.6 Å². The molecule has 2 heterocycles. The molecule has 0 bridgehead atoms. The molecule has 1 aliphatic heterocycles. The Morgan fingerprint density at radius 2 is 2.03 bits per heavy atom. The number of benzene rings is 2. The Morgan fingerprint density at radius 3 is 2.84 bits per heavy atom. The number of carbonyl (C=O) groups is 1. The molecule has 1 aliphatic rings. The molecular weight excluding hydrogens is 392 g/mol. The molecule has 1 amide bonds. The second-order valence-corrected chi connectivity index (χ2v) is 7.53. The first kappa shape index (κ1) is 20.9. The maximum atomic E-state index is 12.4. The van der Waals surface area contributed by atoms with Gasteiger partial charge in [-0.25, -0.2) is 0 Å². The number of nitrogens with one attached hydrogen (secondary N) is 1. The number of aryl methyl sites for hydroxylation is 1. The Hall–Kier alpha value is -3.32. The first-order chi connectivity index (χ1) is 15.2. The van der Waals surface area contributed by atoms with Gasteiger partial charge in [-0.1, -0.05) is 36.4 Å². The molecule has 0 radical (unpaired) electrons. The summed E-state index contributed by atoms with van der Waals surface area (Å²) < 4.78 is 13.7. The Balaban J connectivity index is 1.47. The van der Waals surface area contributed by atoms with Gasteiger partial charge in [0.1, 0.15) is 17.6 Å². The van der Waals surface area contributed by atoms with Crippen molar-refractivity contribution in [1.82, 2.24) is 20.0 Å². The van der Waals surface area contributed by atoms with Gasteiger partial charge in [0, 0.05) is 50.0 Å². The van der Waals surface area contributed by atoms with Crippen molar-refractivity contribution >= 4 is 5.91 Å². The van der Waals surface area contributed by atoms with E-state index in [-0.39, 0.29) is 12.0 Å². The van der Waals surface area contributed by atoms with Gasteiger partial charge in [0.2, 0.25) is 0 Å². The lowest BCUT2D eigenvalue weighted by Gasteiger charge is -2.25. The summed E-state index contributed by atoms with van der Waals surface area (Å²) in [6, 6.07) is 16.1. The van der Waals surface area contributed by atoms with E-state index in [2.05, 4.69) is 21.4 Å². The molecule has 2 aromatic carbocycles. The summed E-state index contributed by atoms with van der Waals surface area (Å²) in [6.45, 7) is 5.43. The summed E-state index contributed by atoms with van der Waals surface area (Å²) in [5.41, 5.74) is 2.73. The second kappa shape index (κ2) is 9.66. The van der Waals surface area contributed by atoms with E-state index in [1.807, 2.05) is 49.4 Å². The molecule has 7 nitrogen and oxygen atoms in total. The zero-order chi connectivity index (χ0) is 21.6. The fourth-order valence-electron chi connectivity index (χ4n) is 3.83. The number of methoxy groups -OCH3 is 1. The number of amides is 1. The van der Waals surface area contributed by atoms with Crippen LogP contribution in [0.3, 0.4) is 0 Å². The van der Waals surface area contributed by atoms with E-state index in [0.717, 1.165) is 35.7 Å². The van der Waals surface area contributed by atoms with Crippen LogP contribution in [-0.4, -0.2) is 47.3 Å². The van der Waals surface area contributed by atoms with Crippen LogP contribution in [0.25, 0.3) is 0 Å². The summed E-state index contributed by atoms with van der Waals surface area (Å²) in [5.74, 6) is 1.59. The van der Waals surface area contributed by atoms with E-state index in [1.165, 1.54) is 0 Å². The Labute approximate surface area is 182 Å². The van der Waals surface area contributed by atoms with Crippen LogP contribution in [0.2, 0.25) is 0 Å². The largest absolute Gasteiger partial charge is 0.496 e. The molecule has 0 aliphatic carbocycles. The molecular formula is C24H28N4O3. The molecule has 1 atom stereocenters. The quantitative estimate of drug-likeness (QED) is 0.635. The van der Waals surface area contributed by atoms with E-state index in [1.54, 1.807) is 24.2 Å². The third-order valence-electron chi connectivity index (χ3n) is 5.48. The number of aromatic nitrogens is 2. The number of hydrogen-bond acceptors (Lipinski definition) is 5. The lowest BCUT2D eigenvalue weighted by Crippen LogP contribution is -2.36. The van der Waals surface area contributed by atoms with Gasteiger partial charge < -0.3 is 14.8 Å². The number of fused-ring (bicyclic) bond motifs is 1. The summed E-state index contributed by atoms with van der Waals surface area (Å²) in [6.07, 6.45) is 3.20. The lowest BCUT2D eigenvalue weighted by molar-refractivity contribution is 0.0942. The van der Waals surface area contributed by atoms with Gasteiger partial charge in [-0.3, -0.25) is 14.4 Å². The van der Waals surface area contributed by atoms with E-state index < -0.39 is 0 Å². The highest BCUT2D eigenvalue weighted by molar-refractivity contribution is 5.93. The highest BCUT2D eigenvalue weighted by atomic mass is 16.5. The van der Waals surface area contributed by atoms with Gasteiger partial charge in [-0.2, -0.15) is 5.10 Å². The number of rotatable bonds is 7. The maximum Gasteiger partial charge on any atom is 0.254 e. The molecule has 3 aromatic rings. The minimum atomic E-state index is -0.168. The van der Waals surface area contributed by atoms with Crippen LogP contribution >= 0.6 is 0 Å². The van der Waals surface area contributed by atoms with Crippen molar-refractivity contribution in [2.24, 2.45) is 0 Å². The zero-order valence-corrected chi connectivity index (χ0v) is 18.0. The molecule has 0 saturated heterocycles. The van der Waals surface area contributed by atoms with Crippen molar-refractivity contribution in [3.8, 4) is 11.5 Å². The molecule has 1 unspecified atom stereocenters. The fourth-order valence-corrected chi connectivity index (χ4v) is 3.83. The van der Waals surface area contributed by atoms with E-state index in [9.17, 15) is 4.79 Å². The van der Waals surface area contributed by atoms with Gasteiger partial charge >= 0.3 is 0 Å². The van der Waals surface area contributed by atoms with Crippen LogP contribution in [0, 0.1) is 0 Å². The molecule has 162 valence electrons. The first-order valence-corrected chi connectivity index (χ1v) is 10.6. The Bertz CT molecular complexity index is 1030. The lowest BCUT2D eigenvalue weighted by atomic mass is 10.1. The van der Waals surface area contributed by atoms with E-state index >= 15 is 0 Å². The number of carbonyl (C=O) groups excluding carboxylic acids is 1. The third-order valence-corrected chi connectivity index (χ3v) is 5.48. The average molecular weight is 421 g/mol. The fraction of sp³-hybridized carbons (Fsp3) is 0.333. The predicted octanol–water partition coefficient (Wildman–Crippen LogP) is 3.28. The predicted molar refractivity (Wildman–Crippen MR) is 118 cm³/mol. The van der Waals surface area contributed by atoms with Crippen LogP contribution in [0.15, 0.2) is 60.9 Å². The van der Waals surface area contributed by atoms with Crippen molar-refractivity contribution in [3.05, 3.63) is 77.6 Å². The summed E-state index contributed by atoms with van der Waals surface area (Å²) in [7, 11) is 1.68. The molecule has 31 heavy (non-hydrogen) atoms. The molecule has 7 heteroatoms. The van der Waals surface area contributed by atoms with Crippen LogP contribution in [0.5, 0.6) is 11.5 Å². The third kappa shape index (κ3) is 4.88. The Kier molecular flexibility index (Phi) is 6.52. The van der Waals surface area contributed by atoms with Crippen LogP contribution in [0.4, 0.5) is 0 Å². The highest BCUT2D eigenvalue weighted by Crippen LogP contribution is 2.34. The molecule has 0 fully saturated rings. The standard InChI is InChI=1S/C24H28N4O3/c1-3-28-16-19(14-26-28)24(29)25-12-13-27-15-18-8-4-6-10-21(18)31-23(17-27)20-9-5-7-11-22(20)30-2/h4-11,14,16,23H,3,12-13,15,17H2,1-2H3,(H,25,29). The van der Waals surface area contributed by atoms with Crippen LogP contribution in [-0.2, 0) is 13.1 Å². The summed E-state index contributed by atoms with van der Waals surface area (Å²) in [4.78, 5) is 14.7. The number of ether oxygens (including phenoxy) is 2. The number of nitrogens with zero attached hydrogens (tertiary/aromatic N) is 3. The minimum Gasteiger partial charge on any atom is -0.496 e. The normalized spacial score (nSPS) is 16.1. The molecule has 1 aromatic heterocycles. The van der Waals surface area contributed by atoms with Crippen molar-refractivity contribution in [1.29, 1.82) is 0 Å². The van der Waals surface area contributed by atoms with E-state index in [0.29, 0.717) is 25.2 Å². The monoisotopic (exact) mass is 420 g/mol. The molecule has 0 spiro atoms. The number of hydrogen-bond donors (Lipinski definition) is 1. The summed E-state index contributed by atoms with van der Waals surface area (Å²) in [5, 5.41) is 7.17. The molecule has 4 rings (SSSR count). The number of para-hydroxylation sites is 2. The van der Waals surface area contributed by atoms with Gasteiger partial charge in [0.25, 0.3) is 5.91 Å². The SMILES string of the molecule is CCn1cc(C(=O)NCCN2Cc3ccccc3OC(c3ccccc3OC)C2)cn1. The molecule has 0 saturated carbocycles. The van der Waals surface area contributed by atoms with Gasteiger partial charge in [-0.15, -0.1) is 0 Å².